The third kappa shape index (κ3) is 2.23. The molecule has 0 aromatic heterocycles. The molecule has 0 aliphatic carbocycles. The molecule has 0 saturated carbocycles. The van der Waals surface area contributed by atoms with Crippen molar-refractivity contribution in [3.05, 3.63) is 102 Å². The quantitative estimate of drug-likeness (QED) is 0.762. The van der Waals surface area contributed by atoms with Crippen LogP contribution in [0.15, 0.2) is 89.9 Å². The zero-order valence-electron chi connectivity index (χ0n) is 15.0. The molecule has 0 spiro atoms. The number of aliphatic imine (C=N–C) groups is 1. The number of amides is 3. The average molecular weight is 367 g/mol. The molecular formula is C23H17N3O2. The van der Waals surface area contributed by atoms with Gasteiger partial charge in [0.15, 0.2) is 5.54 Å². The minimum absolute atomic E-state index is 0.266. The van der Waals surface area contributed by atoms with Crippen molar-refractivity contribution < 1.29 is 9.59 Å². The summed E-state index contributed by atoms with van der Waals surface area (Å²) >= 11 is 0. The van der Waals surface area contributed by atoms with Crippen LogP contribution >= 0.6 is 0 Å². The Morgan fingerprint density at radius 1 is 0.821 bits per heavy atom. The monoisotopic (exact) mass is 367 g/mol. The van der Waals surface area contributed by atoms with Gasteiger partial charge in [0.25, 0.3) is 5.91 Å². The zero-order chi connectivity index (χ0) is 19.1. The van der Waals surface area contributed by atoms with E-state index in [-0.39, 0.29) is 12.5 Å². The molecule has 2 aliphatic rings. The van der Waals surface area contributed by atoms with Gasteiger partial charge in [0.1, 0.15) is 0 Å². The highest BCUT2D eigenvalue weighted by Crippen LogP contribution is 2.44. The molecule has 1 N–H and O–H groups in total. The van der Waals surface area contributed by atoms with E-state index in [4.69, 9.17) is 0 Å². The van der Waals surface area contributed by atoms with E-state index in [0.717, 1.165) is 16.7 Å². The maximum atomic E-state index is 13.5. The van der Waals surface area contributed by atoms with Gasteiger partial charge in [-0.05, 0) is 17.2 Å². The van der Waals surface area contributed by atoms with Crippen LogP contribution in [0.1, 0.15) is 16.7 Å². The van der Waals surface area contributed by atoms with Crippen LogP contribution in [-0.2, 0) is 16.9 Å². The second-order valence-electron chi connectivity index (χ2n) is 6.89. The number of nitrogens with one attached hydrogen (secondary N) is 1. The van der Waals surface area contributed by atoms with Gasteiger partial charge in [-0.2, -0.15) is 4.99 Å². The van der Waals surface area contributed by atoms with Gasteiger partial charge in [0.2, 0.25) is 0 Å². The van der Waals surface area contributed by atoms with Crippen LogP contribution in [0, 0.1) is 0 Å². The minimum Gasteiger partial charge on any atom is -0.323 e. The number of urea groups is 1. The molecule has 0 fully saturated rings. The number of hydrogen-bond donors (Lipinski definition) is 1. The number of nitrogens with zero attached hydrogens (tertiary/aromatic N) is 2. The lowest BCUT2D eigenvalue weighted by molar-refractivity contribution is -0.123. The molecule has 5 nitrogen and oxygen atoms in total. The lowest BCUT2D eigenvalue weighted by atomic mass is 9.77. The Labute approximate surface area is 162 Å². The Morgan fingerprint density at radius 3 is 2.21 bits per heavy atom. The summed E-state index contributed by atoms with van der Waals surface area (Å²) in [5, 5.41) is 2.99. The van der Waals surface area contributed by atoms with Gasteiger partial charge in [-0.25, -0.2) is 4.79 Å². The van der Waals surface area contributed by atoms with E-state index >= 15 is 0 Å². The summed E-state index contributed by atoms with van der Waals surface area (Å²) in [7, 11) is 0. The summed E-state index contributed by atoms with van der Waals surface area (Å²) in [5.41, 5.74) is 2.31. The molecular weight excluding hydrogens is 350 g/mol. The summed E-state index contributed by atoms with van der Waals surface area (Å²) in [5.74, 6) is -0.266. The van der Waals surface area contributed by atoms with E-state index in [1.165, 1.54) is 0 Å². The van der Waals surface area contributed by atoms with Crippen LogP contribution in [0.3, 0.4) is 0 Å². The molecule has 3 aromatic carbocycles. The Bertz CT molecular complexity index is 1110. The van der Waals surface area contributed by atoms with Gasteiger partial charge < -0.3 is 5.32 Å². The summed E-state index contributed by atoms with van der Waals surface area (Å²) < 4.78 is 0. The van der Waals surface area contributed by atoms with Crippen LogP contribution in [-0.4, -0.2) is 22.5 Å². The molecule has 0 bridgehead atoms. The topological polar surface area (TPSA) is 61.8 Å². The predicted octanol–water partition coefficient (Wildman–Crippen LogP) is 3.96. The highest BCUT2D eigenvalue weighted by atomic mass is 16.2. The fourth-order valence-corrected chi connectivity index (χ4v) is 4.06. The Kier molecular flexibility index (Phi) is 3.62. The van der Waals surface area contributed by atoms with Crippen LogP contribution in [0.2, 0.25) is 0 Å². The SMILES string of the molecule is O=C1N=C2c3ccccc3NC(=O)C2(c2ccccc2)N1Cc1ccccc1. The molecule has 136 valence electrons. The normalized spacial score (nSPS) is 20.3. The number of carbonyl (C=O) groups excluding carboxylic acids is 2. The van der Waals surface area contributed by atoms with Crippen LogP contribution in [0.25, 0.3) is 0 Å². The molecule has 28 heavy (non-hydrogen) atoms. The van der Waals surface area contributed by atoms with E-state index < -0.39 is 11.6 Å². The van der Waals surface area contributed by atoms with Crippen molar-refractivity contribution in [2.75, 3.05) is 5.32 Å². The first-order chi connectivity index (χ1) is 13.7. The van der Waals surface area contributed by atoms with Gasteiger partial charge in [-0.1, -0.05) is 78.9 Å². The van der Waals surface area contributed by atoms with Crippen LogP contribution < -0.4 is 5.32 Å². The second kappa shape index (κ2) is 6.16. The van der Waals surface area contributed by atoms with Crippen molar-refractivity contribution in [2.24, 2.45) is 4.99 Å². The molecule has 2 heterocycles. The third-order valence-corrected chi connectivity index (χ3v) is 5.32. The Morgan fingerprint density at radius 2 is 1.46 bits per heavy atom. The molecule has 1 unspecified atom stereocenters. The number of fused-ring (bicyclic) bond motifs is 3. The van der Waals surface area contributed by atoms with Crippen molar-refractivity contribution in [3.63, 3.8) is 0 Å². The van der Waals surface area contributed by atoms with E-state index in [0.29, 0.717) is 11.4 Å². The van der Waals surface area contributed by atoms with E-state index in [9.17, 15) is 9.59 Å². The standard InChI is InChI=1S/C23H17N3O2/c27-21-23(17-11-5-2-6-12-17)20(18-13-7-8-14-19(18)24-21)25-22(28)26(23)15-16-9-3-1-4-10-16/h1-14H,15H2,(H,24,27). The summed E-state index contributed by atoms with van der Waals surface area (Å²) in [4.78, 5) is 32.5. The number of hydrogen-bond acceptors (Lipinski definition) is 2. The van der Waals surface area contributed by atoms with Gasteiger partial charge in [0, 0.05) is 12.1 Å². The fourth-order valence-electron chi connectivity index (χ4n) is 4.06. The van der Waals surface area contributed by atoms with Crippen LogP contribution in [0.4, 0.5) is 10.5 Å². The number of anilines is 1. The lowest BCUT2D eigenvalue weighted by Gasteiger charge is -2.41. The predicted molar refractivity (Wildman–Crippen MR) is 107 cm³/mol. The van der Waals surface area contributed by atoms with E-state index in [1.807, 2.05) is 84.9 Å². The number of para-hydroxylation sites is 1. The smallest absolute Gasteiger partial charge is 0.323 e. The summed E-state index contributed by atoms with van der Waals surface area (Å²) in [6.07, 6.45) is 0. The van der Waals surface area contributed by atoms with Crippen molar-refractivity contribution in [1.82, 2.24) is 4.90 Å². The first-order valence-corrected chi connectivity index (χ1v) is 9.12. The molecule has 5 rings (SSSR count). The Hall–Kier alpha value is -3.73. The number of carbonyl (C=O) groups is 2. The van der Waals surface area contributed by atoms with Crippen LogP contribution in [0.5, 0.6) is 0 Å². The molecule has 0 radical (unpaired) electrons. The largest absolute Gasteiger partial charge is 0.345 e. The maximum Gasteiger partial charge on any atom is 0.345 e. The van der Waals surface area contributed by atoms with E-state index in [2.05, 4.69) is 10.3 Å². The van der Waals surface area contributed by atoms with Gasteiger partial charge in [0.05, 0.1) is 11.4 Å². The highest BCUT2D eigenvalue weighted by Gasteiger charge is 2.59. The summed E-state index contributed by atoms with van der Waals surface area (Å²) in [6.45, 7) is 0.289. The second-order valence-corrected chi connectivity index (χ2v) is 6.89. The summed E-state index contributed by atoms with van der Waals surface area (Å²) in [6, 6.07) is 26.1. The fraction of sp³-hybridized carbons (Fsp3) is 0.0870. The first kappa shape index (κ1) is 16.4. The van der Waals surface area contributed by atoms with Gasteiger partial charge in [-0.15, -0.1) is 0 Å². The molecule has 5 heteroatoms. The molecule has 3 amide bonds. The van der Waals surface area contributed by atoms with E-state index in [1.54, 1.807) is 4.90 Å². The molecule has 2 aliphatic heterocycles. The van der Waals surface area contributed by atoms with Crippen molar-refractivity contribution in [1.29, 1.82) is 0 Å². The molecule has 1 atom stereocenters. The van der Waals surface area contributed by atoms with Gasteiger partial charge in [-0.3, -0.25) is 9.69 Å². The zero-order valence-corrected chi connectivity index (χ0v) is 15.0. The average Bonchev–Trinajstić information content (AvgIpc) is 3.03. The van der Waals surface area contributed by atoms with Crippen molar-refractivity contribution in [3.8, 4) is 0 Å². The number of benzene rings is 3. The first-order valence-electron chi connectivity index (χ1n) is 9.12. The van der Waals surface area contributed by atoms with Crippen molar-refractivity contribution in [2.45, 2.75) is 12.1 Å². The van der Waals surface area contributed by atoms with Crippen molar-refractivity contribution >= 4 is 23.3 Å². The maximum absolute atomic E-state index is 13.5. The Balaban J connectivity index is 1.74. The third-order valence-electron chi connectivity index (χ3n) is 5.32. The molecule has 0 saturated heterocycles. The highest BCUT2D eigenvalue weighted by molar-refractivity contribution is 6.34. The number of rotatable bonds is 3. The minimum atomic E-state index is -1.29. The lowest BCUT2D eigenvalue weighted by Crippen LogP contribution is -2.58. The van der Waals surface area contributed by atoms with Gasteiger partial charge >= 0.3 is 6.03 Å². The molecule has 3 aromatic rings.